The van der Waals surface area contributed by atoms with Crippen LogP contribution in [0.5, 0.6) is 5.75 Å². The van der Waals surface area contributed by atoms with Gasteiger partial charge in [-0.2, -0.15) is 5.26 Å². The number of nitrogens with zero attached hydrogens (tertiary/aromatic N) is 1. The predicted molar refractivity (Wildman–Crippen MR) is 81.6 cm³/mol. The van der Waals surface area contributed by atoms with Crippen LogP contribution in [0.1, 0.15) is 11.1 Å². The van der Waals surface area contributed by atoms with E-state index in [4.69, 9.17) is 15.7 Å². The highest BCUT2D eigenvalue weighted by molar-refractivity contribution is 8.45. The highest BCUT2D eigenvalue weighted by Gasteiger charge is 2.65. The van der Waals surface area contributed by atoms with E-state index < -0.39 is 15.1 Å². The number of fused-ring (bicyclic) bond motifs is 1. The van der Waals surface area contributed by atoms with Crippen LogP contribution in [0.4, 0.5) is 25.1 Å². The van der Waals surface area contributed by atoms with Gasteiger partial charge in [0.25, 0.3) is 0 Å². The monoisotopic (exact) mass is 362 g/mol. The minimum absolute atomic E-state index is 0.161. The first kappa shape index (κ1) is 16.4. The van der Waals surface area contributed by atoms with E-state index in [1.54, 1.807) is 0 Å². The Morgan fingerprint density at radius 2 is 1.71 bits per heavy atom. The average Bonchev–Trinajstić information content (AvgIpc) is 2.93. The smallest absolute Gasteiger partial charge is 0.310 e. The lowest BCUT2D eigenvalue weighted by Crippen LogP contribution is -2.05. The normalized spacial score (nSPS) is 16.5. The molecular formula is C15H11F5N2OS. The number of nitriles is 1. The van der Waals surface area contributed by atoms with Crippen molar-refractivity contribution in [3.8, 4) is 22.9 Å². The molecule has 0 atom stereocenters. The van der Waals surface area contributed by atoms with E-state index in [-0.39, 0.29) is 16.8 Å². The molecule has 0 amide bonds. The SMILES string of the molecule is N#Cc1c(N)cc(-c2ccc(S(F)(F)(F)(F)F)cc2)c2c1CCO2. The van der Waals surface area contributed by atoms with E-state index in [2.05, 4.69) is 0 Å². The molecule has 3 rings (SSSR count). The van der Waals surface area contributed by atoms with Crippen LogP contribution < -0.4 is 10.5 Å². The van der Waals surface area contributed by atoms with E-state index in [9.17, 15) is 19.4 Å². The third-order valence-electron chi connectivity index (χ3n) is 3.73. The Morgan fingerprint density at radius 3 is 2.25 bits per heavy atom. The first-order valence-electron chi connectivity index (χ1n) is 6.73. The summed E-state index contributed by atoms with van der Waals surface area (Å²) in [5, 5.41) is 9.14. The summed E-state index contributed by atoms with van der Waals surface area (Å²) in [5.41, 5.74) is 7.42. The van der Waals surface area contributed by atoms with E-state index in [1.807, 2.05) is 6.07 Å². The summed E-state index contributed by atoms with van der Waals surface area (Å²) in [6.45, 7) is 0.310. The van der Waals surface area contributed by atoms with Crippen molar-refractivity contribution in [3.63, 3.8) is 0 Å². The number of nitrogen functional groups attached to an aromatic ring is 1. The van der Waals surface area contributed by atoms with Gasteiger partial charge in [0.1, 0.15) is 16.7 Å². The summed E-state index contributed by atoms with van der Waals surface area (Å²) in [4.78, 5) is -1.96. The van der Waals surface area contributed by atoms with Gasteiger partial charge >= 0.3 is 10.2 Å². The second-order valence-corrected chi connectivity index (χ2v) is 7.81. The van der Waals surface area contributed by atoms with Gasteiger partial charge in [-0.15, -0.1) is 0 Å². The van der Waals surface area contributed by atoms with E-state index in [0.717, 1.165) is 12.1 Å². The fourth-order valence-electron chi connectivity index (χ4n) is 2.64. The van der Waals surface area contributed by atoms with Crippen molar-refractivity contribution < 1.29 is 24.2 Å². The zero-order valence-corrected chi connectivity index (χ0v) is 12.8. The molecule has 1 heterocycles. The number of benzene rings is 2. The van der Waals surface area contributed by atoms with Crippen LogP contribution in [0.3, 0.4) is 0 Å². The molecule has 1 aliphatic rings. The van der Waals surface area contributed by atoms with E-state index in [1.165, 1.54) is 6.07 Å². The first-order valence-corrected chi connectivity index (χ1v) is 8.68. The van der Waals surface area contributed by atoms with E-state index >= 15 is 0 Å². The van der Waals surface area contributed by atoms with Gasteiger partial charge in [0.05, 0.1) is 17.9 Å². The molecule has 0 bridgehead atoms. The van der Waals surface area contributed by atoms with Crippen molar-refractivity contribution in [2.24, 2.45) is 0 Å². The van der Waals surface area contributed by atoms with Crippen molar-refractivity contribution in [2.45, 2.75) is 11.3 Å². The van der Waals surface area contributed by atoms with Gasteiger partial charge in [-0.1, -0.05) is 31.6 Å². The zero-order chi connectivity index (χ0) is 17.8. The fraction of sp³-hybridized carbons (Fsp3) is 0.133. The fourth-order valence-corrected chi connectivity index (χ4v) is 3.29. The molecule has 0 spiro atoms. The molecule has 2 aromatic rings. The quantitative estimate of drug-likeness (QED) is 0.575. The molecule has 0 saturated carbocycles. The van der Waals surface area contributed by atoms with Gasteiger partial charge in [0.15, 0.2) is 0 Å². The lowest BCUT2D eigenvalue weighted by molar-refractivity contribution is 0.358. The van der Waals surface area contributed by atoms with Crippen LogP contribution in [-0.4, -0.2) is 6.61 Å². The lowest BCUT2D eigenvalue weighted by Gasteiger charge is -2.40. The maximum Gasteiger partial charge on any atom is 0.310 e. The molecule has 2 aromatic carbocycles. The minimum Gasteiger partial charge on any atom is -0.492 e. The van der Waals surface area contributed by atoms with Gasteiger partial charge in [0.2, 0.25) is 0 Å². The summed E-state index contributed by atoms with van der Waals surface area (Å²) in [6.07, 6.45) is 0.444. The molecule has 1 aliphatic heterocycles. The summed E-state index contributed by atoms with van der Waals surface area (Å²) in [6, 6.07) is 5.93. The standard InChI is InChI=1S/C15H11F5N2OS/c16-24(17,18,19,20)10-3-1-9(2-4-10)12-7-14(22)13(8-21)11-5-6-23-15(11)12/h1-4,7H,5-6,22H2. The summed E-state index contributed by atoms with van der Waals surface area (Å²) in [7, 11) is -9.71. The largest absolute Gasteiger partial charge is 0.492 e. The van der Waals surface area contributed by atoms with Crippen molar-refractivity contribution >= 4 is 15.9 Å². The van der Waals surface area contributed by atoms with Gasteiger partial charge in [-0.3, -0.25) is 0 Å². The topological polar surface area (TPSA) is 59.0 Å². The number of rotatable bonds is 2. The van der Waals surface area contributed by atoms with Crippen LogP contribution in [0.25, 0.3) is 11.1 Å². The molecule has 0 aliphatic carbocycles. The summed E-state index contributed by atoms with van der Waals surface area (Å²) < 4.78 is 69.4. The zero-order valence-electron chi connectivity index (χ0n) is 12.0. The molecule has 0 radical (unpaired) electrons. The van der Waals surface area contributed by atoms with Gasteiger partial charge < -0.3 is 10.5 Å². The number of hydrogen-bond donors (Lipinski definition) is 1. The van der Waals surface area contributed by atoms with Gasteiger partial charge in [-0.25, -0.2) is 0 Å². The molecule has 0 saturated heterocycles. The molecule has 0 unspecified atom stereocenters. The Kier molecular flexibility index (Phi) is 2.96. The number of halogens is 5. The number of hydrogen-bond acceptors (Lipinski definition) is 3. The lowest BCUT2D eigenvalue weighted by atomic mass is 9.96. The Hall–Kier alpha value is -2.47. The van der Waals surface area contributed by atoms with Crippen molar-refractivity contribution in [2.75, 3.05) is 12.3 Å². The maximum atomic E-state index is 12.8. The second kappa shape index (κ2) is 4.33. The van der Waals surface area contributed by atoms with Gasteiger partial charge in [0, 0.05) is 17.5 Å². The predicted octanol–water partition coefficient (Wildman–Crippen LogP) is 5.40. The molecular weight excluding hydrogens is 351 g/mol. The number of anilines is 1. The van der Waals surface area contributed by atoms with Crippen LogP contribution in [0.15, 0.2) is 35.2 Å². The third-order valence-corrected chi connectivity index (χ3v) is 4.89. The Balaban J connectivity index is 2.15. The molecule has 3 nitrogen and oxygen atoms in total. The molecule has 24 heavy (non-hydrogen) atoms. The Morgan fingerprint density at radius 1 is 1.08 bits per heavy atom. The molecule has 128 valence electrons. The Bertz CT molecular complexity index is 886. The number of ether oxygens (including phenoxy) is 1. The van der Waals surface area contributed by atoms with Crippen LogP contribution in [-0.2, 0) is 6.42 Å². The first-order chi connectivity index (χ1) is 10.9. The summed E-state index contributed by atoms with van der Waals surface area (Å²) in [5.74, 6) is 0.348. The molecule has 0 fully saturated rings. The van der Waals surface area contributed by atoms with E-state index in [0.29, 0.717) is 42.0 Å². The van der Waals surface area contributed by atoms with Crippen LogP contribution in [0.2, 0.25) is 0 Å². The number of nitrogens with two attached hydrogens (primary N) is 1. The minimum atomic E-state index is -9.71. The molecule has 2 N–H and O–H groups in total. The van der Waals surface area contributed by atoms with Crippen molar-refractivity contribution in [3.05, 3.63) is 41.5 Å². The van der Waals surface area contributed by atoms with Crippen molar-refractivity contribution in [1.29, 1.82) is 5.26 Å². The highest BCUT2D eigenvalue weighted by Crippen LogP contribution is 3.02. The average molecular weight is 362 g/mol. The second-order valence-electron chi connectivity index (χ2n) is 5.40. The summed E-state index contributed by atoms with van der Waals surface area (Å²) >= 11 is 0. The maximum absolute atomic E-state index is 12.8. The Labute approximate surface area is 134 Å². The molecule has 0 aromatic heterocycles. The van der Waals surface area contributed by atoms with Crippen molar-refractivity contribution in [1.82, 2.24) is 0 Å². The van der Waals surface area contributed by atoms with Crippen LogP contribution >= 0.6 is 10.2 Å². The van der Waals surface area contributed by atoms with Gasteiger partial charge in [-0.05, 0) is 23.8 Å². The molecule has 9 heteroatoms. The van der Waals surface area contributed by atoms with Crippen LogP contribution in [0, 0.1) is 11.3 Å². The third kappa shape index (κ3) is 2.73. The highest BCUT2D eigenvalue weighted by atomic mass is 32.5.